The van der Waals surface area contributed by atoms with Gasteiger partial charge in [0, 0.05) is 33.3 Å². The number of rotatable bonds is 3. The lowest BCUT2D eigenvalue weighted by Gasteiger charge is -2.09. The van der Waals surface area contributed by atoms with Gasteiger partial charge in [0.15, 0.2) is 0 Å². The van der Waals surface area contributed by atoms with Gasteiger partial charge in [-0.15, -0.1) is 0 Å². The first-order chi connectivity index (χ1) is 11.5. The molecule has 0 amide bonds. The lowest BCUT2D eigenvalue weighted by Crippen LogP contribution is -1.99. The van der Waals surface area contributed by atoms with Gasteiger partial charge in [-0.1, -0.05) is 15.9 Å². The molecule has 4 heteroatoms. The number of halogens is 2. The minimum absolute atomic E-state index is 0.228. The summed E-state index contributed by atoms with van der Waals surface area (Å²) in [6, 6.07) is 14.6. The van der Waals surface area contributed by atoms with E-state index in [4.69, 9.17) is 0 Å². The molecule has 3 rings (SSSR count). The highest BCUT2D eigenvalue weighted by Crippen LogP contribution is 2.23. The van der Waals surface area contributed by atoms with E-state index < -0.39 is 0 Å². The SMILES string of the molecule is Cc1cc(N=Cc2cc(C)n(-c3ccc(F)cc3)c2C)ccc1Br. The highest BCUT2D eigenvalue weighted by molar-refractivity contribution is 9.10. The Bertz CT molecular complexity index is 908. The van der Waals surface area contributed by atoms with E-state index >= 15 is 0 Å². The maximum atomic E-state index is 13.1. The lowest BCUT2D eigenvalue weighted by atomic mass is 10.2. The van der Waals surface area contributed by atoms with Crippen molar-refractivity contribution in [3.05, 3.63) is 81.3 Å². The summed E-state index contributed by atoms with van der Waals surface area (Å²) in [7, 11) is 0. The van der Waals surface area contributed by atoms with Crippen LogP contribution >= 0.6 is 15.9 Å². The molecule has 0 aliphatic carbocycles. The number of aromatic nitrogens is 1. The van der Waals surface area contributed by atoms with E-state index in [1.807, 2.05) is 45.2 Å². The van der Waals surface area contributed by atoms with Crippen molar-refractivity contribution in [1.82, 2.24) is 4.57 Å². The molecule has 0 spiro atoms. The van der Waals surface area contributed by atoms with Crippen molar-refractivity contribution in [2.45, 2.75) is 20.8 Å². The van der Waals surface area contributed by atoms with Gasteiger partial charge in [0.05, 0.1) is 5.69 Å². The molecule has 1 aromatic heterocycles. The van der Waals surface area contributed by atoms with Gasteiger partial charge in [0.2, 0.25) is 0 Å². The Labute approximate surface area is 149 Å². The van der Waals surface area contributed by atoms with E-state index in [0.717, 1.165) is 38.4 Å². The van der Waals surface area contributed by atoms with E-state index in [9.17, 15) is 4.39 Å². The van der Waals surface area contributed by atoms with Gasteiger partial charge in [-0.3, -0.25) is 4.99 Å². The first kappa shape index (κ1) is 16.7. The van der Waals surface area contributed by atoms with Crippen LogP contribution in [0.15, 0.2) is 58.0 Å². The van der Waals surface area contributed by atoms with Gasteiger partial charge >= 0.3 is 0 Å². The summed E-state index contributed by atoms with van der Waals surface area (Å²) in [6.45, 7) is 6.13. The summed E-state index contributed by atoms with van der Waals surface area (Å²) >= 11 is 3.50. The molecule has 122 valence electrons. The second-order valence-electron chi connectivity index (χ2n) is 5.83. The zero-order chi connectivity index (χ0) is 17.3. The number of hydrogen-bond acceptors (Lipinski definition) is 1. The zero-order valence-corrected chi connectivity index (χ0v) is 15.4. The minimum atomic E-state index is -0.228. The molecule has 0 bridgehead atoms. The Morgan fingerprint density at radius 3 is 2.38 bits per heavy atom. The highest BCUT2D eigenvalue weighted by Gasteiger charge is 2.09. The average molecular weight is 385 g/mol. The summed E-state index contributed by atoms with van der Waals surface area (Å²) < 4.78 is 16.3. The third kappa shape index (κ3) is 3.34. The molecule has 0 N–H and O–H groups in total. The van der Waals surface area contributed by atoms with Gasteiger partial charge in [0.1, 0.15) is 5.82 Å². The second kappa shape index (κ2) is 6.73. The molecule has 2 nitrogen and oxygen atoms in total. The standard InChI is InChI=1S/C20H18BrFN2/c1-13-10-18(6-9-20(13)21)23-12-16-11-14(2)24(15(16)3)19-7-4-17(22)5-8-19/h4-12H,1-3H3. The summed E-state index contributed by atoms with van der Waals surface area (Å²) in [5.41, 5.74) is 6.25. The quantitative estimate of drug-likeness (QED) is 0.488. The molecule has 0 fully saturated rings. The van der Waals surface area contributed by atoms with E-state index in [1.54, 1.807) is 12.1 Å². The van der Waals surface area contributed by atoms with E-state index in [0.29, 0.717) is 0 Å². The smallest absolute Gasteiger partial charge is 0.123 e. The number of aryl methyl sites for hydroxylation is 2. The number of benzene rings is 2. The fraction of sp³-hybridized carbons (Fsp3) is 0.150. The molecule has 1 heterocycles. The molecular formula is C20H18BrFN2. The van der Waals surface area contributed by atoms with E-state index in [1.165, 1.54) is 12.1 Å². The van der Waals surface area contributed by atoms with Crippen molar-refractivity contribution in [2.75, 3.05) is 0 Å². The number of hydrogen-bond donors (Lipinski definition) is 0. The summed E-state index contributed by atoms with van der Waals surface area (Å²) in [6.07, 6.45) is 1.88. The van der Waals surface area contributed by atoms with Crippen molar-refractivity contribution in [3.63, 3.8) is 0 Å². The van der Waals surface area contributed by atoms with Gasteiger partial charge in [-0.25, -0.2) is 4.39 Å². The molecule has 0 aliphatic heterocycles. The molecule has 0 atom stereocenters. The Balaban J connectivity index is 1.95. The van der Waals surface area contributed by atoms with Crippen LogP contribution in [0.4, 0.5) is 10.1 Å². The monoisotopic (exact) mass is 384 g/mol. The Kier molecular flexibility index (Phi) is 4.67. The summed E-state index contributed by atoms with van der Waals surface area (Å²) in [5, 5.41) is 0. The summed E-state index contributed by atoms with van der Waals surface area (Å²) in [5.74, 6) is -0.228. The van der Waals surface area contributed by atoms with E-state index in [2.05, 4.69) is 31.6 Å². The minimum Gasteiger partial charge on any atom is -0.318 e. The van der Waals surface area contributed by atoms with Crippen molar-refractivity contribution in [1.29, 1.82) is 0 Å². The van der Waals surface area contributed by atoms with Crippen LogP contribution in [-0.2, 0) is 0 Å². The van der Waals surface area contributed by atoms with Gasteiger partial charge in [-0.05, 0) is 74.9 Å². The van der Waals surface area contributed by atoms with Crippen LogP contribution in [0, 0.1) is 26.6 Å². The van der Waals surface area contributed by atoms with Crippen molar-refractivity contribution in [2.24, 2.45) is 4.99 Å². The number of nitrogens with zero attached hydrogens (tertiary/aromatic N) is 2. The van der Waals surface area contributed by atoms with Crippen molar-refractivity contribution in [3.8, 4) is 5.69 Å². The van der Waals surface area contributed by atoms with E-state index in [-0.39, 0.29) is 5.82 Å². The van der Waals surface area contributed by atoms with Crippen LogP contribution in [-0.4, -0.2) is 10.8 Å². The van der Waals surface area contributed by atoms with Crippen molar-refractivity contribution < 1.29 is 4.39 Å². The van der Waals surface area contributed by atoms with Crippen LogP contribution in [0.5, 0.6) is 0 Å². The Morgan fingerprint density at radius 1 is 1.00 bits per heavy atom. The second-order valence-corrected chi connectivity index (χ2v) is 6.68. The fourth-order valence-electron chi connectivity index (χ4n) is 2.76. The van der Waals surface area contributed by atoms with Crippen molar-refractivity contribution >= 4 is 27.8 Å². The molecule has 0 unspecified atom stereocenters. The van der Waals surface area contributed by atoms with Gasteiger partial charge in [0.25, 0.3) is 0 Å². The molecule has 24 heavy (non-hydrogen) atoms. The third-order valence-corrected chi connectivity index (χ3v) is 4.94. The maximum Gasteiger partial charge on any atom is 0.123 e. The predicted octanol–water partition coefficient (Wildman–Crippen LogP) is 6.05. The topological polar surface area (TPSA) is 17.3 Å². The molecular weight excluding hydrogens is 367 g/mol. The average Bonchev–Trinajstić information content (AvgIpc) is 2.84. The molecule has 0 radical (unpaired) electrons. The number of aliphatic imine (C=N–C) groups is 1. The predicted molar refractivity (Wildman–Crippen MR) is 101 cm³/mol. The molecule has 0 aliphatic rings. The molecule has 0 saturated heterocycles. The largest absolute Gasteiger partial charge is 0.318 e. The molecule has 0 saturated carbocycles. The normalized spacial score (nSPS) is 11.4. The first-order valence-electron chi connectivity index (χ1n) is 7.71. The molecule has 2 aromatic carbocycles. The Hall–Kier alpha value is -2.20. The van der Waals surface area contributed by atoms with Gasteiger partial charge in [-0.2, -0.15) is 0 Å². The van der Waals surface area contributed by atoms with Crippen LogP contribution < -0.4 is 0 Å². The van der Waals surface area contributed by atoms with Crippen LogP contribution in [0.1, 0.15) is 22.5 Å². The highest BCUT2D eigenvalue weighted by atomic mass is 79.9. The third-order valence-electron chi connectivity index (χ3n) is 4.05. The van der Waals surface area contributed by atoms with Crippen LogP contribution in [0.2, 0.25) is 0 Å². The summed E-state index contributed by atoms with van der Waals surface area (Å²) in [4.78, 5) is 4.58. The van der Waals surface area contributed by atoms with Crippen LogP contribution in [0.3, 0.4) is 0 Å². The van der Waals surface area contributed by atoms with Gasteiger partial charge < -0.3 is 4.57 Å². The lowest BCUT2D eigenvalue weighted by molar-refractivity contribution is 0.627. The maximum absolute atomic E-state index is 13.1. The molecule has 3 aromatic rings. The first-order valence-corrected chi connectivity index (χ1v) is 8.50. The van der Waals surface area contributed by atoms with Crippen LogP contribution in [0.25, 0.3) is 5.69 Å². The zero-order valence-electron chi connectivity index (χ0n) is 13.8. The fourth-order valence-corrected chi connectivity index (χ4v) is 3.01. The Morgan fingerprint density at radius 2 is 1.71 bits per heavy atom.